The average molecular weight is 369 g/mol. The quantitative estimate of drug-likeness (QED) is 0.317. The highest BCUT2D eigenvalue weighted by atomic mass is 14.2. The van der Waals surface area contributed by atoms with Crippen LogP contribution in [-0.4, -0.2) is 0 Å². The van der Waals surface area contributed by atoms with Crippen molar-refractivity contribution in [1.82, 2.24) is 0 Å². The molecule has 4 rings (SSSR count). The molecule has 0 aliphatic heterocycles. The minimum atomic E-state index is 0.898. The highest BCUT2D eigenvalue weighted by Crippen LogP contribution is 2.38. The van der Waals surface area contributed by atoms with Crippen molar-refractivity contribution in [2.24, 2.45) is 5.92 Å². The molecule has 0 aromatic heterocycles. The summed E-state index contributed by atoms with van der Waals surface area (Å²) in [6, 6.07) is 26.3. The third-order valence-corrected chi connectivity index (χ3v) is 5.37. The lowest BCUT2D eigenvalue weighted by molar-refractivity contribution is 0.576. The van der Waals surface area contributed by atoms with E-state index in [4.69, 9.17) is 0 Å². The second kappa shape index (κ2) is 9.06. The summed E-state index contributed by atoms with van der Waals surface area (Å²) in [7, 11) is 0. The summed E-state index contributed by atoms with van der Waals surface area (Å²) in [6.45, 7) is 11.1. The van der Waals surface area contributed by atoms with E-state index in [0.717, 1.165) is 5.92 Å². The molecule has 0 aliphatic rings. The van der Waals surface area contributed by atoms with Crippen LogP contribution in [0.25, 0.3) is 32.7 Å². The molecule has 28 heavy (non-hydrogen) atoms. The Hall–Kier alpha value is -2.60. The van der Waals surface area contributed by atoms with Crippen LogP contribution in [-0.2, 0) is 0 Å². The van der Waals surface area contributed by atoms with Crippen LogP contribution < -0.4 is 0 Å². The van der Waals surface area contributed by atoms with Crippen molar-refractivity contribution in [3.8, 4) is 11.1 Å². The van der Waals surface area contributed by atoms with Gasteiger partial charge in [-0.1, -0.05) is 112 Å². The fraction of sp³-hybridized carbons (Fsp3) is 0.286. The summed E-state index contributed by atoms with van der Waals surface area (Å²) in [5.41, 5.74) is 5.31. The van der Waals surface area contributed by atoms with Crippen LogP contribution in [0.3, 0.4) is 0 Å². The Morgan fingerprint density at radius 3 is 1.64 bits per heavy atom. The normalized spacial score (nSPS) is 10.9. The van der Waals surface area contributed by atoms with Crippen molar-refractivity contribution in [3.05, 3.63) is 83.9 Å². The molecular weight excluding hydrogens is 336 g/mol. The molecule has 0 bridgehead atoms. The van der Waals surface area contributed by atoms with Crippen molar-refractivity contribution in [2.45, 2.75) is 47.5 Å². The van der Waals surface area contributed by atoms with Gasteiger partial charge in [0, 0.05) is 0 Å². The minimum Gasteiger partial charge on any atom is -0.0654 e. The molecular formula is C28H32. The maximum Gasteiger partial charge on any atom is -0.00265 e. The van der Waals surface area contributed by atoms with Crippen molar-refractivity contribution < 1.29 is 0 Å². The van der Waals surface area contributed by atoms with E-state index in [1.54, 1.807) is 0 Å². The van der Waals surface area contributed by atoms with Crippen molar-refractivity contribution in [2.75, 3.05) is 0 Å². The van der Waals surface area contributed by atoms with Gasteiger partial charge < -0.3 is 0 Å². The van der Waals surface area contributed by atoms with Gasteiger partial charge in [0.25, 0.3) is 0 Å². The maximum absolute atomic E-state index is 2.28. The molecule has 0 radical (unpaired) electrons. The molecule has 0 aliphatic carbocycles. The first kappa shape index (κ1) is 20.1. The molecule has 0 nitrogen and oxygen atoms in total. The number of aryl methyl sites for hydroxylation is 2. The second-order valence-corrected chi connectivity index (χ2v) is 8.14. The highest BCUT2D eigenvalue weighted by molar-refractivity contribution is 6.14. The maximum atomic E-state index is 2.28. The van der Waals surface area contributed by atoms with Gasteiger partial charge in [0.2, 0.25) is 0 Å². The number of benzene rings is 4. The smallest absolute Gasteiger partial charge is 0.00265 e. The van der Waals surface area contributed by atoms with E-state index in [1.807, 2.05) is 0 Å². The van der Waals surface area contributed by atoms with E-state index in [1.165, 1.54) is 56.6 Å². The van der Waals surface area contributed by atoms with E-state index in [9.17, 15) is 0 Å². The Morgan fingerprint density at radius 2 is 1.21 bits per heavy atom. The minimum absolute atomic E-state index is 0.898. The summed E-state index contributed by atoms with van der Waals surface area (Å²) in [5, 5.41) is 5.36. The number of hydrogen-bond donors (Lipinski definition) is 0. The van der Waals surface area contributed by atoms with Gasteiger partial charge in [-0.2, -0.15) is 0 Å². The third-order valence-electron chi connectivity index (χ3n) is 5.37. The lowest BCUT2D eigenvalue weighted by atomic mass is 9.88. The summed E-state index contributed by atoms with van der Waals surface area (Å²) >= 11 is 0. The van der Waals surface area contributed by atoms with Crippen molar-refractivity contribution >= 4 is 21.5 Å². The van der Waals surface area contributed by atoms with Crippen LogP contribution in [0, 0.1) is 19.8 Å². The van der Waals surface area contributed by atoms with Gasteiger partial charge in [0.15, 0.2) is 0 Å². The lowest BCUT2D eigenvalue weighted by Crippen LogP contribution is -1.89. The lowest BCUT2D eigenvalue weighted by Gasteiger charge is -2.15. The van der Waals surface area contributed by atoms with E-state index < -0.39 is 0 Å². The molecule has 0 unspecified atom stereocenters. The molecule has 0 fully saturated rings. The molecule has 4 aromatic carbocycles. The third kappa shape index (κ3) is 4.28. The zero-order valence-corrected chi connectivity index (χ0v) is 17.9. The molecule has 0 saturated carbocycles. The molecule has 0 amide bonds. The molecule has 0 heterocycles. The summed E-state index contributed by atoms with van der Waals surface area (Å²) in [5.74, 6) is 0.898. The van der Waals surface area contributed by atoms with Crippen molar-refractivity contribution in [3.63, 3.8) is 0 Å². The van der Waals surface area contributed by atoms with Crippen LogP contribution in [0.15, 0.2) is 72.8 Å². The average Bonchev–Trinajstić information content (AvgIpc) is 2.69. The molecule has 0 N–H and O–H groups in total. The van der Waals surface area contributed by atoms with E-state index in [2.05, 4.69) is 107 Å². The molecule has 0 atom stereocenters. The SMILES string of the molecule is CCCC(C)C.Cc1cccc(-c2c3ccccc3c(C)c3ccccc23)c1. The fourth-order valence-corrected chi connectivity index (χ4v) is 4.04. The summed E-state index contributed by atoms with van der Waals surface area (Å²) in [6.07, 6.45) is 2.71. The monoisotopic (exact) mass is 368 g/mol. The van der Waals surface area contributed by atoms with Crippen molar-refractivity contribution in [1.29, 1.82) is 0 Å². The summed E-state index contributed by atoms with van der Waals surface area (Å²) in [4.78, 5) is 0. The Kier molecular flexibility index (Phi) is 6.52. The van der Waals surface area contributed by atoms with E-state index >= 15 is 0 Å². The van der Waals surface area contributed by atoms with Gasteiger partial charge in [-0.25, -0.2) is 0 Å². The Bertz CT molecular complexity index is 1010. The predicted molar refractivity (Wildman–Crippen MR) is 126 cm³/mol. The van der Waals surface area contributed by atoms with Crippen LogP contribution in [0.4, 0.5) is 0 Å². The van der Waals surface area contributed by atoms with Gasteiger partial charge in [0.1, 0.15) is 0 Å². The van der Waals surface area contributed by atoms with Gasteiger partial charge in [-0.3, -0.25) is 0 Å². The predicted octanol–water partition coefficient (Wildman–Crippen LogP) is 8.72. The molecule has 0 heteroatoms. The molecule has 144 valence electrons. The van der Waals surface area contributed by atoms with Gasteiger partial charge in [-0.05, 0) is 58.0 Å². The second-order valence-electron chi connectivity index (χ2n) is 8.14. The van der Waals surface area contributed by atoms with Crippen LogP contribution in [0.5, 0.6) is 0 Å². The zero-order valence-electron chi connectivity index (χ0n) is 17.9. The van der Waals surface area contributed by atoms with E-state index in [0.29, 0.717) is 0 Å². The van der Waals surface area contributed by atoms with Gasteiger partial charge in [0.05, 0.1) is 0 Å². The number of hydrogen-bond acceptors (Lipinski definition) is 0. The van der Waals surface area contributed by atoms with Crippen LogP contribution in [0.2, 0.25) is 0 Å². The number of fused-ring (bicyclic) bond motifs is 2. The zero-order chi connectivity index (χ0) is 20.1. The van der Waals surface area contributed by atoms with Gasteiger partial charge in [-0.15, -0.1) is 0 Å². The number of rotatable bonds is 3. The molecule has 4 aromatic rings. The first-order valence-electron chi connectivity index (χ1n) is 10.5. The highest BCUT2D eigenvalue weighted by Gasteiger charge is 2.12. The Balaban J connectivity index is 0.000000330. The Labute approximate surface area is 170 Å². The van der Waals surface area contributed by atoms with Gasteiger partial charge >= 0.3 is 0 Å². The molecule has 0 spiro atoms. The fourth-order valence-electron chi connectivity index (χ4n) is 4.04. The standard InChI is InChI=1S/C22H18.C6H14/c1-15-8-7-9-17(14-15)22-20-12-5-3-10-18(20)16(2)19-11-4-6-13-21(19)22;1-4-5-6(2)3/h3-14H,1-2H3;6H,4-5H2,1-3H3. The van der Waals surface area contributed by atoms with E-state index in [-0.39, 0.29) is 0 Å². The molecule has 0 saturated heterocycles. The van der Waals surface area contributed by atoms with Crippen LogP contribution >= 0.6 is 0 Å². The first-order valence-corrected chi connectivity index (χ1v) is 10.5. The summed E-state index contributed by atoms with van der Waals surface area (Å²) < 4.78 is 0. The topological polar surface area (TPSA) is 0 Å². The Morgan fingerprint density at radius 1 is 0.679 bits per heavy atom. The van der Waals surface area contributed by atoms with Crippen LogP contribution in [0.1, 0.15) is 44.7 Å². The first-order chi connectivity index (χ1) is 13.5. The largest absolute Gasteiger partial charge is 0.0654 e.